The number of hydrogen-bond acceptors (Lipinski definition) is 3. The molecule has 2 rings (SSSR count). The van der Waals surface area contributed by atoms with Gasteiger partial charge in [-0.05, 0) is 59.5 Å². The van der Waals surface area contributed by atoms with Crippen LogP contribution in [0.5, 0.6) is 0 Å². The molecule has 0 saturated carbocycles. The summed E-state index contributed by atoms with van der Waals surface area (Å²) in [5, 5.41) is 0. The molecule has 1 unspecified atom stereocenters. The first kappa shape index (κ1) is 13.7. The quantitative estimate of drug-likeness (QED) is 0.661. The SMILES string of the molecule is Cc1ccc(C)c(C(NN)c2cc(C)c(Br)s2)c1. The molecule has 1 heterocycles. The van der Waals surface area contributed by atoms with E-state index < -0.39 is 0 Å². The van der Waals surface area contributed by atoms with Gasteiger partial charge in [-0.1, -0.05) is 23.8 Å². The molecule has 96 valence electrons. The Labute approximate surface area is 120 Å². The number of rotatable bonds is 3. The average Bonchev–Trinajstić information content (AvgIpc) is 2.65. The van der Waals surface area contributed by atoms with Crippen LogP contribution < -0.4 is 11.3 Å². The predicted octanol–water partition coefficient (Wildman–Crippen LogP) is 3.99. The van der Waals surface area contributed by atoms with Gasteiger partial charge in [0.25, 0.3) is 0 Å². The van der Waals surface area contributed by atoms with Gasteiger partial charge >= 0.3 is 0 Å². The Bertz CT molecular complexity index is 543. The minimum atomic E-state index is 0.0555. The Kier molecular flexibility index (Phi) is 4.22. The Morgan fingerprint density at radius 2 is 1.89 bits per heavy atom. The minimum Gasteiger partial charge on any atom is -0.271 e. The lowest BCUT2D eigenvalue weighted by Crippen LogP contribution is -2.28. The van der Waals surface area contributed by atoms with Crippen molar-refractivity contribution < 1.29 is 0 Å². The maximum atomic E-state index is 5.76. The first-order valence-electron chi connectivity index (χ1n) is 5.82. The third kappa shape index (κ3) is 2.67. The van der Waals surface area contributed by atoms with Crippen molar-refractivity contribution in [2.45, 2.75) is 26.8 Å². The number of halogens is 1. The Morgan fingerprint density at radius 1 is 1.17 bits per heavy atom. The van der Waals surface area contributed by atoms with Crippen LogP contribution in [0.1, 0.15) is 33.2 Å². The fourth-order valence-electron chi connectivity index (χ4n) is 2.02. The van der Waals surface area contributed by atoms with Crippen LogP contribution in [-0.4, -0.2) is 0 Å². The summed E-state index contributed by atoms with van der Waals surface area (Å²) in [6.45, 7) is 6.32. The third-order valence-electron chi connectivity index (χ3n) is 3.07. The fraction of sp³-hybridized carbons (Fsp3) is 0.286. The predicted molar refractivity (Wildman–Crippen MR) is 81.8 cm³/mol. The van der Waals surface area contributed by atoms with Crippen molar-refractivity contribution in [1.82, 2.24) is 5.43 Å². The van der Waals surface area contributed by atoms with Gasteiger partial charge in [-0.15, -0.1) is 11.3 Å². The van der Waals surface area contributed by atoms with Crippen LogP contribution >= 0.6 is 27.3 Å². The molecule has 3 N–H and O–H groups in total. The van der Waals surface area contributed by atoms with E-state index in [0.29, 0.717) is 0 Å². The topological polar surface area (TPSA) is 38.0 Å². The first-order valence-corrected chi connectivity index (χ1v) is 7.43. The van der Waals surface area contributed by atoms with Crippen LogP contribution in [0.15, 0.2) is 28.1 Å². The molecular weight excluding hydrogens is 308 g/mol. The van der Waals surface area contributed by atoms with Crippen LogP contribution in [0.2, 0.25) is 0 Å². The van der Waals surface area contributed by atoms with Crippen molar-refractivity contribution in [2.24, 2.45) is 5.84 Å². The Morgan fingerprint density at radius 3 is 2.44 bits per heavy atom. The number of thiophene rings is 1. The molecule has 0 fully saturated rings. The first-order chi connectivity index (χ1) is 8.52. The monoisotopic (exact) mass is 324 g/mol. The van der Waals surface area contributed by atoms with Crippen molar-refractivity contribution in [3.63, 3.8) is 0 Å². The number of hydrazine groups is 1. The molecule has 1 aromatic heterocycles. The fourth-order valence-corrected chi connectivity index (χ4v) is 3.67. The molecule has 0 radical (unpaired) electrons. The van der Waals surface area contributed by atoms with Crippen molar-refractivity contribution in [3.8, 4) is 0 Å². The highest BCUT2D eigenvalue weighted by Crippen LogP contribution is 2.35. The van der Waals surface area contributed by atoms with E-state index in [1.807, 2.05) is 0 Å². The van der Waals surface area contributed by atoms with Crippen LogP contribution in [0, 0.1) is 20.8 Å². The van der Waals surface area contributed by atoms with Crippen LogP contribution in [0.25, 0.3) is 0 Å². The molecule has 18 heavy (non-hydrogen) atoms. The number of nitrogens with two attached hydrogens (primary N) is 1. The molecule has 1 atom stereocenters. The number of benzene rings is 1. The van der Waals surface area contributed by atoms with E-state index in [-0.39, 0.29) is 6.04 Å². The van der Waals surface area contributed by atoms with Gasteiger partial charge in [-0.3, -0.25) is 5.84 Å². The summed E-state index contributed by atoms with van der Waals surface area (Å²) in [5.74, 6) is 5.76. The summed E-state index contributed by atoms with van der Waals surface area (Å²) in [7, 11) is 0. The smallest absolute Gasteiger partial charge is 0.0805 e. The molecule has 2 nitrogen and oxygen atoms in total. The molecule has 0 saturated heterocycles. The second kappa shape index (κ2) is 5.53. The molecular formula is C14H17BrN2S. The summed E-state index contributed by atoms with van der Waals surface area (Å²) < 4.78 is 1.17. The summed E-state index contributed by atoms with van der Waals surface area (Å²) >= 11 is 5.30. The van der Waals surface area contributed by atoms with Gasteiger partial charge in [0.2, 0.25) is 0 Å². The molecule has 0 spiro atoms. The van der Waals surface area contributed by atoms with E-state index in [1.54, 1.807) is 11.3 Å². The molecule has 4 heteroatoms. The average molecular weight is 325 g/mol. The van der Waals surface area contributed by atoms with Crippen LogP contribution in [-0.2, 0) is 0 Å². The maximum Gasteiger partial charge on any atom is 0.0805 e. The zero-order valence-electron chi connectivity index (χ0n) is 10.8. The highest BCUT2D eigenvalue weighted by molar-refractivity contribution is 9.11. The van der Waals surface area contributed by atoms with E-state index in [2.05, 4.69) is 66.4 Å². The van der Waals surface area contributed by atoms with Crippen molar-refractivity contribution in [2.75, 3.05) is 0 Å². The summed E-state index contributed by atoms with van der Waals surface area (Å²) in [5.41, 5.74) is 7.93. The molecule has 1 aromatic carbocycles. The molecule has 2 aromatic rings. The van der Waals surface area contributed by atoms with Gasteiger partial charge in [0.05, 0.1) is 9.83 Å². The zero-order valence-corrected chi connectivity index (χ0v) is 13.2. The third-order valence-corrected chi connectivity index (χ3v) is 5.27. The second-order valence-electron chi connectivity index (χ2n) is 4.57. The largest absolute Gasteiger partial charge is 0.271 e. The summed E-state index contributed by atoms with van der Waals surface area (Å²) in [6.07, 6.45) is 0. The normalized spacial score (nSPS) is 12.7. The minimum absolute atomic E-state index is 0.0555. The van der Waals surface area contributed by atoms with Crippen molar-refractivity contribution in [3.05, 3.63) is 55.2 Å². The molecule has 0 aliphatic rings. The Balaban J connectivity index is 2.48. The molecule has 0 aliphatic carbocycles. The van der Waals surface area contributed by atoms with Gasteiger partial charge in [0, 0.05) is 4.88 Å². The van der Waals surface area contributed by atoms with Gasteiger partial charge in [-0.25, -0.2) is 5.43 Å². The molecule has 0 amide bonds. The zero-order chi connectivity index (χ0) is 13.3. The lowest BCUT2D eigenvalue weighted by molar-refractivity contribution is 0.642. The second-order valence-corrected chi connectivity index (χ2v) is 6.97. The molecule has 0 aliphatic heterocycles. The number of nitrogens with one attached hydrogen (secondary N) is 1. The van der Waals surface area contributed by atoms with E-state index in [1.165, 1.54) is 30.9 Å². The van der Waals surface area contributed by atoms with Crippen LogP contribution in [0.4, 0.5) is 0 Å². The highest BCUT2D eigenvalue weighted by atomic mass is 79.9. The van der Waals surface area contributed by atoms with Crippen molar-refractivity contribution in [1.29, 1.82) is 0 Å². The number of aryl methyl sites for hydroxylation is 3. The van der Waals surface area contributed by atoms with E-state index in [0.717, 1.165) is 0 Å². The van der Waals surface area contributed by atoms with Gasteiger partial charge < -0.3 is 0 Å². The van der Waals surface area contributed by atoms with Gasteiger partial charge in [0.15, 0.2) is 0 Å². The Hall–Kier alpha value is -0.680. The number of hydrogen-bond donors (Lipinski definition) is 2. The van der Waals surface area contributed by atoms with E-state index >= 15 is 0 Å². The molecule has 0 bridgehead atoms. The lowest BCUT2D eigenvalue weighted by Gasteiger charge is -2.17. The van der Waals surface area contributed by atoms with Crippen molar-refractivity contribution >= 4 is 27.3 Å². The summed E-state index contributed by atoms with van der Waals surface area (Å²) in [6, 6.07) is 8.70. The maximum absolute atomic E-state index is 5.76. The lowest BCUT2D eigenvalue weighted by atomic mass is 9.98. The van der Waals surface area contributed by atoms with E-state index in [9.17, 15) is 0 Å². The van der Waals surface area contributed by atoms with E-state index in [4.69, 9.17) is 5.84 Å². The van der Waals surface area contributed by atoms with Gasteiger partial charge in [0.1, 0.15) is 0 Å². The highest BCUT2D eigenvalue weighted by Gasteiger charge is 2.18. The van der Waals surface area contributed by atoms with Crippen LogP contribution in [0.3, 0.4) is 0 Å². The summed E-state index contributed by atoms with van der Waals surface area (Å²) in [4.78, 5) is 1.23. The standard InChI is InChI=1S/C14H17BrN2S/c1-8-4-5-9(2)11(6-8)13(17-16)12-7-10(3)14(15)18-12/h4-7,13,17H,16H2,1-3H3. The van der Waals surface area contributed by atoms with Gasteiger partial charge in [-0.2, -0.15) is 0 Å².